The van der Waals surface area contributed by atoms with Crippen LogP contribution in [0.15, 0.2) is 79.0 Å². The zero-order valence-corrected chi connectivity index (χ0v) is 17.6. The second-order valence-electron chi connectivity index (χ2n) is 7.35. The van der Waals surface area contributed by atoms with Gasteiger partial charge in [0.15, 0.2) is 0 Å². The Morgan fingerprint density at radius 2 is 1.58 bits per heavy atom. The van der Waals surface area contributed by atoms with Crippen LogP contribution in [0.25, 0.3) is 33.4 Å². The second-order valence-corrected chi connectivity index (χ2v) is 7.35. The molecule has 3 aromatic rings. The van der Waals surface area contributed by atoms with Gasteiger partial charge in [0.1, 0.15) is 22.9 Å². The number of rotatable bonds is 6. The van der Waals surface area contributed by atoms with Crippen LogP contribution in [0.1, 0.15) is 12.5 Å². The minimum Gasteiger partial charge on any atom is -0.496 e. The van der Waals surface area contributed by atoms with Crippen LogP contribution in [0.2, 0.25) is 0 Å². The van der Waals surface area contributed by atoms with Crippen molar-refractivity contribution in [1.82, 2.24) is 14.8 Å². The lowest BCUT2D eigenvalue weighted by molar-refractivity contribution is 0.340. The van der Waals surface area contributed by atoms with Crippen molar-refractivity contribution in [2.75, 3.05) is 13.7 Å². The van der Waals surface area contributed by atoms with E-state index >= 15 is 0 Å². The van der Waals surface area contributed by atoms with Gasteiger partial charge in [-0.3, -0.25) is 0 Å². The molecule has 0 radical (unpaired) electrons. The Morgan fingerprint density at radius 1 is 0.839 bits per heavy atom. The summed E-state index contributed by atoms with van der Waals surface area (Å²) >= 11 is 0. The van der Waals surface area contributed by atoms with Crippen molar-refractivity contribution >= 4 is 10.9 Å². The van der Waals surface area contributed by atoms with Crippen molar-refractivity contribution < 1.29 is 9.47 Å². The standard InChI is InChI=1S/C26H23N3O2/c1-3-31-20-14-12-18(13-15-20)25-22-17-29(16-19-8-4-7-11-24(19)30-2)23-10-6-5-9-21(23)26(22)28-27-25/h4-15,17H,3,16H2,1-2H3. The van der Waals surface area contributed by atoms with Gasteiger partial charge in [-0.1, -0.05) is 36.4 Å². The van der Waals surface area contributed by atoms with Gasteiger partial charge in [-0.25, -0.2) is 0 Å². The lowest BCUT2D eigenvalue weighted by Crippen LogP contribution is -2.05. The first-order valence-electron chi connectivity index (χ1n) is 10.4. The van der Waals surface area contributed by atoms with E-state index in [2.05, 4.69) is 45.2 Å². The molecule has 0 N–H and O–H groups in total. The molecule has 5 nitrogen and oxygen atoms in total. The van der Waals surface area contributed by atoms with Crippen LogP contribution < -0.4 is 9.47 Å². The Kier molecular flexibility index (Phi) is 5.00. The maximum absolute atomic E-state index is 5.58. The highest BCUT2D eigenvalue weighted by Crippen LogP contribution is 2.37. The van der Waals surface area contributed by atoms with Crippen LogP contribution in [0.4, 0.5) is 0 Å². The van der Waals surface area contributed by atoms with Gasteiger partial charge in [-0.15, -0.1) is 10.2 Å². The summed E-state index contributed by atoms with van der Waals surface area (Å²) in [5, 5.41) is 10.2. The number of nitrogens with zero attached hydrogens (tertiary/aromatic N) is 3. The minimum absolute atomic E-state index is 0.646. The number of ether oxygens (including phenoxy) is 2. The Morgan fingerprint density at radius 3 is 2.39 bits per heavy atom. The summed E-state index contributed by atoms with van der Waals surface area (Å²) in [5.74, 6) is 1.73. The fraction of sp³-hybridized carbons (Fsp3) is 0.154. The van der Waals surface area contributed by atoms with E-state index in [-0.39, 0.29) is 0 Å². The largest absolute Gasteiger partial charge is 0.496 e. The summed E-state index contributed by atoms with van der Waals surface area (Å²) in [4.78, 5) is 0. The molecule has 0 atom stereocenters. The number of methoxy groups -OCH3 is 1. The lowest BCUT2D eigenvalue weighted by atomic mass is 10.0. The zero-order valence-electron chi connectivity index (χ0n) is 17.6. The molecule has 0 aliphatic carbocycles. The highest BCUT2D eigenvalue weighted by Gasteiger charge is 2.20. The number of aromatic nitrogens is 3. The zero-order chi connectivity index (χ0) is 21.2. The van der Waals surface area contributed by atoms with Gasteiger partial charge in [0.05, 0.1) is 25.8 Å². The van der Waals surface area contributed by atoms with Crippen molar-refractivity contribution in [3.8, 4) is 34.0 Å². The summed E-state index contributed by atoms with van der Waals surface area (Å²) in [5.41, 5.74) is 6.06. The van der Waals surface area contributed by atoms with E-state index < -0.39 is 0 Å². The highest BCUT2D eigenvalue weighted by atomic mass is 16.5. The third kappa shape index (κ3) is 3.48. The first-order valence-corrected chi connectivity index (χ1v) is 10.4. The van der Waals surface area contributed by atoms with Crippen LogP contribution in [0, 0.1) is 0 Å². The van der Waals surface area contributed by atoms with E-state index in [1.165, 1.54) is 0 Å². The molecule has 0 fully saturated rings. The molecule has 0 amide bonds. The predicted molar refractivity (Wildman–Crippen MR) is 123 cm³/mol. The van der Waals surface area contributed by atoms with Crippen molar-refractivity contribution in [1.29, 1.82) is 0 Å². The molecule has 5 rings (SSSR count). The maximum atomic E-state index is 5.58. The number of benzene rings is 3. The molecule has 2 heterocycles. The Bertz CT molecular complexity index is 1310. The molecule has 0 saturated heterocycles. The van der Waals surface area contributed by atoms with Crippen molar-refractivity contribution in [2.45, 2.75) is 13.5 Å². The number of hydrogen-bond donors (Lipinski definition) is 0. The number of fused-ring (bicyclic) bond motifs is 3. The molecule has 0 aromatic heterocycles. The smallest absolute Gasteiger partial charge is 0.123 e. The third-order valence-corrected chi connectivity index (χ3v) is 5.49. The topological polar surface area (TPSA) is 49.2 Å². The van der Waals surface area contributed by atoms with Crippen LogP contribution in [-0.4, -0.2) is 28.5 Å². The van der Waals surface area contributed by atoms with Gasteiger partial charge in [0.2, 0.25) is 0 Å². The average Bonchev–Trinajstić information content (AvgIpc) is 3.24. The van der Waals surface area contributed by atoms with Crippen molar-refractivity contribution in [3.05, 3.63) is 84.6 Å². The Hall–Kier alpha value is -3.86. The van der Waals surface area contributed by atoms with Crippen LogP contribution in [0.5, 0.6) is 11.5 Å². The average molecular weight is 409 g/mol. The first-order chi connectivity index (χ1) is 15.3. The van der Waals surface area contributed by atoms with Crippen LogP contribution in [-0.2, 0) is 6.54 Å². The second kappa shape index (κ2) is 8.11. The summed E-state index contributed by atoms with van der Waals surface area (Å²) in [6.07, 6.45) is 2.15. The van der Waals surface area contributed by atoms with Gasteiger partial charge in [0.25, 0.3) is 0 Å². The van der Waals surface area contributed by atoms with E-state index in [9.17, 15) is 0 Å². The third-order valence-electron chi connectivity index (χ3n) is 5.49. The fourth-order valence-electron chi connectivity index (χ4n) is 4.03. The van der Waals surface area contributed by atoms with E-state index in [4.69, 9.17) is 9.47 Å². The van der Waals surface area contributed by atoms with Crippen molar-refractivity contribution in [2.24, 2.45) is 0 Å². The highest BCUT2D eigenvalue weighted by molar-refractivity contribution is 5.98. The molecule has 2 aliphatic rings. The number of hydrogen-bond acceptors (Lipinski definition) is 4. The number of para-hydroxylation sites is 2. The van der Waals surface area contributed by atoms with E-state index in [0.29, 0.717) is 13.2 Å². The molecule has 0 saturated carbocycles. The molecule has 3 aromatic carbocycles. The van der Waals surface area contributed by atoms with Gasteiger partial charge >= 0.3 is 0 Å². The molecule has 5 heteroatoms. The molecule has 2 aliphatic heterocycles. The monoisotopic (exact) mass is 409 g/mol. The molecular weight excluding hydrogens is 386 g/mol. The molecular formula is C26H23N3O2. The first kappa shape index (κ1) is 19.1. The van der Waals surface area contributed by atoms with Gasteiger partial charge in [-0.05, 0) is 43.3 Å². The van der Waals surface area contributed by atoms with Crippen LogP contribution in [0.3, 0.4) is 0 Å². The number of pyridine rings is 1. The van der Waals surface area contributed by atoms with Gasteiger partial charge < -0.3 is 14.0 Å². The van der Waals surface area contributed by atoms with Gasteiger partial charge in [-0.2, -0.15) is 0 Å². The van der Waals surface area contributed by atoms with E-state index in [1.54, 1.807) is 7.11 Å². The molecule has 154 valence electrons. The van der Waals surface area contributed by atoms with E-state index in [1.807, 2.05) is 55.5 Å². The summed E-state index contributed by atoms with van der Waals surface area (Å²) in [6, 6.07) is 24.5. The Balaban J connectivity index is 1.66. The van der Waals surface area contributed by atoms with Gasteiger partial charge in [0, 0.05) is 28.3 Å². The summed E-state index contributed by atoms with van der Waals surface area (Å²) in [7, 11) is 1.71. The Labute approximate surface area is 181 Å². The molecule has 0 unspecified atom stereocenters. The molecule has 0 bridgehead atoms. The quantitative estimate of drug-likeness (QED) is 0.363. The molecule has 0 spiro atoms. The normalized spacial score (nSPS) is 11.2. The minimum atomic E-state index is 0.646. The molecule has 31 heavy (non-hydrogen) atoms. The maximum Gasteiger partial charge on any atom is 0.123 e. The summed E-state index contributed by atoms with van der Waals surface area (Å²) in [6.45, 7) is 3.32. The van der Waals surface area contributed by atoms with E-state index in [0.717, 1.165) is 50.5 Å². The van der Waals surface area contributed by atoms with Crippen LogP contribution >= 0.6 is 0 Å². The van der Waals surface area contributed by atoms with Crippen molar-refractivity contribution in [3.63, 3.8) is 0 Å². The SMILES string of the molecule is CCOc1ccc(-c2nnc3c4ccccc4n(Cc4ccccc4OC)cc2-3)cc1. The predicted octanol–water partition coefficient (Wildman–Crippen LogP) is 5.66. The fourth-order valence-corrected chi connectivity index (χ4v) is 4.03. The lowest BCUT2D eigenvalue weighted by Gasteiger charge is -2.16. The summed E-state index contributed by atoms with van der Waals surface area (Å²) < 4.78 is 13.4.